The van der Waals surface area contributed by atoms with Crippen LogP contribution in [0.15, 0.2) is 194 Å². The van der Waals surface area contributed by atoms with Gasteiger partial charge in [-0.05, 0) is 93.0 Å². The van der Waals surface area contributed by atoms with E-state index in [2.05, 4.69) is 197 Å². The number of nitrogens with zero attached hydrogens (tertiary/aromatic N) is 4. The molecule has 0 saturated heterocycles. The highest BCUT2D eigenvalue weighted by Crippen LogP contribution is 2.63. The number of fused-ring (bicyclic) bond motifs is 13. The smallest absolute Gasteiger partial charge is 0.168 e. The maximum absolute atomic E-state index is 4.93. The van der Waals surface area contributed by atoms with Gasteiger partial charge in [0.2, 0.25) is 0 Å². The number of aromatic nitrogens is 4. The van der Waals surface area contributed by atoms with Crippen LogP contribution in [0.25, 0.3) is 78.2 Å². The molecule has 2 aromatic heterocycles. The van der Waals surface area contributed by atoms with E-state index in [4.69, 9.17) is 10.2 Å². The molecule has 0 amide bonds. The predicted molar refractivity (Wildman–Crippen MR) is 223 cm³/mol. The Labute approximate surface area is 318 Å². The Kier molecular flexibility index (Phi) is 6.23. The molecule has 55 heavy (non-hydrogen) atoms. The Balaban J connectivity index is 1.08. The van der Waals surface area contributed by atoms with Gasteiger partial charge in [0.15, 0.2) is 11.6 Å². The predicted octanol–water partition coefficient (Wildman–Crippen LogP) is 12.0. The molecule has 10 aromatic rings. The molecule has 2 aliphatic carbocycles. The van der Waals surface area contributed by atoms with E-state index < -0.39 is 5.41 Å². The highest BCUT2D eigenvalue weighted by atomic mass is 15.3. The molecule has 4 heteroatoms. The van der Waals surface area contributed by atoms with Crippen molar-refractivity contribution in [1.29, 1.82) is 0 Å². The summed E-state index contributed by atoms with van der Waals surface area (Å²) in [7, 11) is 0. The van der Waals surface area contributed by atoms with Gasteiger partial charge in [-0.1, -0.05) is 146 Å². The molecule has 0 radical (unpaired) electrons. The van der Waals surface area contributed by atoms with Gasteiger partial charge in [0.05, 0.1) is 16.4 Å². The van der Waals surface area contributed by atoms with Crippen LogP contribution in [0, 0.1) is 0 Å². The van der Waals surface area contributed by atoms with Crippen LogP contribution in [-0.4, -0.2) is 19.3 Å². The molecule has 2 heterocycles. The first-order chi connectivity index (χ1) is 27.3. The Hall–Kier alpha value is -7.30. The van der Waals surface area contributed by atoms with Crippen LogP contribution >= 0.6 is 0 Å². The van der Waals surface area contributed by atoms with Gasteiger partial charge in [-0.2, -0.15) is 0 Å². The largest absolute Gasteiger partial charge is 0.309 e. The molecule has 1 spiro atoms. The highest BCUT2D eigenvalue weighted by molar-refractivity contribution is 6.09. The van der Waals surface area contributed by atoms with Crippen LogP contribution < -0.4 is 0 Å². The number of hydrogen-bond donors (Lipinski definition) is 0. The van der Waals surface area contributed by atoms with Gasteiger partial charge in [-0.3, -0.25) is 4.57 Å². The van der Waals surface area contributed by atoms with Crippen molar-refractivity contribution in [2.45, 2.75) is 5.41 Å². The van der Waals surface area contributed by atoms with E-state index in [0.29, 0.717) is 0 Å². The molecule has 0 bridgehead atoms. The van der Waals surface area contributed by atoms with Gasteiger partial charge in [0.25, 0.3) is 0 Å². The lowest BCUT2D eigenvalue weighted by atomic mass is 9.70. The molecule has 2 aliphatic rings. The van der Waals surface area contributed by atoms with Crippen molar-refractivity contribution in [2.75, 3.05) is 0 Å². The van der Waals surface area contributed by atoms with E-state index in [1.54, 1.807) is 0 Å². The standard InChI is InChI=1S/C51H32N4/c1-2-14-33(15-3-1)49-52-53-50(34-26-28-35(29-27-34)54-47-24-12-7-19-41(47)42-20-8-13-25-48(42)54)55(49)36-30-31-40-39-18-6-11-23-45(39)51(46(40)32-36)43-21-9-4-16-37(43)38-17-5-10-22-44(38)51/h1-32H. The molecule has 8 aromatic carbocycles. The lowest BCUT2D eigenvalue weighted by Gasteiger charge is -2.30. The van der Waals surface area contributed by atoms with E-state index in [-0.39, 0.29) is 0 Å². The Bertz CT molecular complexity index is 3030. The number of para-hydroxylation sites is 2. The molecule has 0 unspecified atom stereocenters. The van der Waals surface area contributed by atoms with Gasteiger partial charge in [0.1, 0.15) is 0 Å². The fourth-order valence-electron chi connectivity index (χ4n) is 9.67. The zero-order valence-corrected chi connectivity index (χ0v) is 29.8. The summed E-state index contributed by atoms with van der Waals surface area (Å²) in [5.74, 6) is 1.60. The first-order valence-corrected chi connectivity index (χ1v) is 18.8. The molecule has 0 aliphatic heterocycles. The molecular formula is C51H32N4. The van der Waals surface area contributed by atoms with Crippen LogP contribution in [0.3, 0.4) is 0 Å². The summed E-state index contributed by atoms with van der Waals surface area (Å²) in [6.45, 7) is 0. The first kappa shape index (κ1) is 30.2. The topological polar surface area (TPSA) is 35.6 Å². The molecule has 0 saturated carbocycles. The minimum absolute atomic E-state index is 0.444. The average Bonchev–Trinajstić information content (AvgIpc) is 4.00. The first-order valence-electron chi connectivity index (χ1n) is 18.8. The van der Waals surface area contributed by atoms with Crippen LogP contribution in [0.4, 0.5) is 0 Å². The quantitative estimate of drug-likeness (QED) is 0.183. The zero-order chi connectivity index (χ0) is 36.1. The normalized spacial score (nSPS) is 13.2. The third kappa shape index (κ3) is 4.05. The fraction of sp³-hybridized carbons (Fsp3) is 0.0196. The number of hydrogen-bond acceptors (Lipinski definition) is 2. The van der Waals surface area contributed by atoms with Crippen LogP contribution in [0.5, 0.6) is 0 Å². The number of benzene rings is 8. The third-order valence-corrected chi connectivity index (χ3v) is 11.9. The van der Waals surface area contributed by atoms with Crippen molar-refractivity contribution in [1.82, 2.24) is 19.3 Å². The van der Waals surface area contributed by atoms with Gasteiger partial charge in [-0.25, -0.2) is 0 Å². The molecule has 256 valence electrons. The second-order valence-electron chi connectivity index (χ2n) is 14.6. The average molecular weight is 701 g/mol. The van der Waals surface area contributed by atoms with Gasteiger partial charge in [0, 0.05) is 33.3 Å². The summed E-state index contributed by atoms with van der Waals surface area (Å²) in [5, 5.41) is 12.3. The summed E-state index contributed by atoms with van der Waals surface area (Å²) in [4.78, 5) is 0. The van der Waals surface area contributed by atoms with E-state index in [1.165, 1.54) is 66.3 Å². The maximum Gasteiger partial charge on any atom is 0.168 e. The molecular weight excluding hydrogens is 669 g/mol. The Morgan fingerprint density at radius 1 is 0.327 bits per heavy atom. The summed E-state index contributed by atoms with van der Waals surface area (Å²) >= 11 is 0. The van der Waals surface area contributed by atoms with Crippen molar-refractivity contribution in [3.63, 3.8) is 0 Å². The van der Waals surface area contributed by atoms with E-state index in [1.807, 2.05) is 6.07 Å². The molecule has 0 atom stereocenters. The van der Waals surface area contributed by atoms with Crippen molar-refractivity contribution < 1.29 is 0 Å². The lowest BCUT2D eigenvalue weighted by Crippen LogP contribution is -2.26. The summed E-state index contributed by atoms with van der Waals surface area (Å²) < 4.78 is 4.60. The van der Waals surface area contributed by atoms with Crippen LogP contribution in [0.2, 0.25) is 0 Å². The van der Waals surface area contributed by atoms with E-state index >= 15 is 0 Å². The SMILES string of the molecule is c1ccc(-c2nnc(-c3ccc(-n4c5ccccc5c5ccccc54)cc3)n2-c2ccc3c(c2)C2(c4ccccc4-c4ccccc42)c2ccccc2-3)cc1. The minimum atomic E-state index is -0.444. The van der Waals surface area contributed by atoms with Crippen LogP contribution in [-0.2, 0) is 5.41 Å². The summed E-state index contributed by atoms with van der Waals surface area (Å²) in [5.41, 5.74) is 16.5. The fourth-order valence-corrected chi connectivity index (χ4v) is 9.67. The molecule has 4 nitrogen and oxygen atoms in total. The lowest BCUT2D eigenvalue weighted by molar-refractivity contribution is 0.792. The van der Waals surface area contributed by atoms with Crippen molar-refractivity contribution in [3.8, 4) is 56.4 Å². The minimum Gasteiger partial charge on any atom is -0.309 e. The van der Waals surface area contributed by atoms with Gasteiger partial charge in [-0.15, -0.1) is 10.2 Å². The van der Waals surface area contributed by atoms with E-state index in [0.717, 1.165) is 34.2 Å². The van der Waals surface area contributed by atoms with Crippen molar-refractivity contribution >= 4 is 21.8 Å². The van der Waals surface area contributed by atoms with Crippen molar-refractivity contribution in [3.05, 3.63) is 216 Å². The summed E-state index contributed by atoms with van der Waals surface area (Å²) in [6.07, 6.45) is 0. The second-order valence-corrected chi connectivity index (χ2v) is 14.6. The van der Waals surface area contributed by atoms with Gasteiger partial charge >= 0.3 is 0 Å². The van der Waals surface area contributed by atoms with Crippen molar-refractivity contribution in [2.24, 2.45) is 0 Å². The maximum atomic E-state index is 4.93. The highest BCUT2D eigenvalue weighted by Gasteiger charge is 2.51. The molecule has 12 rings (SSSR count). The van der Waals surface area contributed by atoms with E-state index in [9.17, 15) is 0 Å². The summed E-state index contributed by atoms with van der Waals surface area (Å²) in [6, 6.07) is 70.3. The zero-order valence-electron chi connectivity index (χ0n) is 29.8. The van der Waals surface area contributed by atoms with Crippen LogP contribution in [0.1, 0.15) is 22.3 Å². The monoisotopic (exact) mass is 700 g/mol. The second kappa shape index (κ2) is 11.3. The Morgan fingerprint density at radius 2 is 0.764 bits per heavy atom. The third-order valence-electron chi connectivity index (χ3n) is 11.9. The molecule has 0 N–H and O–H groups in total. The van der Waals surface area contributed by atoms with Gasteiger partial charge < -0.3 is 4.57 Å². The molecule has 0 fully saturated rings. The Morgan fingerprint density at radius 3 is 1.33 bits per heavy atom. The number of rotatable bonds is 4.